The second-order valence-corrected chi connectivity index (χ2v) is 6.48. The number of hydrogen-bond donors (Lipinski definition) is 1. The molecule has 0 fully saturated rings. The van der Waals surface area contributed by atoms with Gasteiger partial charge < -0.3 is 0 Å². The molecule has 1 atom stereocenters. The fourth-order valence-electron chi connectivity index (χ4n) is 1.93. The minimum absolute atomic E-state index is 0.179. The zero-order valence-corrected chi connectivity index (χ0v) is 12.3. The average Bonchev–Trinajstić information content (AvgIpc) is 2.34. The lowest BCUT2D eigenvalue weighted by Crippen LogP contribution is -2.33. The molecule has 1 rings (SSSR count). The summed E-state index contributed by atoms with van der Waals surface area (Å²) in [7, 11) is -3.76. The fourth-order valence-corrected chi connectivity index (χ4v) is 3.28. The van der Waals surface area contributed by atoms with Crippen molar-refractivity contribution in [2.24, 2.45) is 0 Å². The van der Waals surface area contributed by atoms with Crippen LogP contribution < -0.4 is 4.72 Å². The van der Waals surface area contributed by atoms with Crippen molar-refractivity contribution in [2.75, 3.05) is 0 Å². The Labute approximate surface area is 115 Å². The van der Waals surface area contributed by atoms with Gasteiger partial charge in [-0.05, 0) is 25.5 Å². The molecule has 0 saturated heterocycles. The number of hydrogen-bond acceptors (Lipinski definition) is 2. The first-order chi connectivity index (χ1) is 8.97. The number of benzene rings is 1. The minimum atomic E-state index is -3.76. The van der Waals surface area contributed by atoms with Gasteiger partial charge in [-0.3, -0.25) is 0 Å². The molecule has 0 heterocycles. The highest BCUT2D eigenvalue weighted by molar-refractivity contribution is 7.89. The Balaban J connectivity index is 2.58. The van der Waals surface area contributed by atoms with Gasteiger partial charge in [0, 0.05) is 6.04 Å². The van der Waals surface area contributed by atoms with E-state index in [4.69, 9.17) is 0 Å². The molecule has 0 aliphatic rings. The van der Waals surface area contributed by atoms with Gasteiger partial charge in [0.05, 0.1) is 0 Å². The monoisotopic (exact) mass is 287 g/mol. The van der Waals surface area contributed by atoms with Gasteiger partial charge in [-0.2, -0.15) is 0 Å². The molecule has 1 aromatic rings. The molecule has 0 amide bonds. The summed E-state index contributed by atoms with van der Waals surface area (Å²) < 4.78 is 40.0. The largest absolute Gasteiger partial charge is 0.243 e. The summed E-state index contributed by atoms with van der Waals surface area (Å²) in [6.45, 7) is 3.94. The van der Waals surface area contributed by atoms with E-state index in [-0.39, 0.29) is 10.9 Å². The lowest BCUT2D eigenvalue weighted by Gasteiger charge is -2.14. The van der Waals surface area contributed by atoms with E-state index in [0.29, 0.717) is 0 Å². The van der Waals surface area contributed by atoms with Crippen molar-refractivity contribution in [2.45, 2.75) is 56.9 Å². The van der Waals surface area contributed by atoms with E-state index < -0.39 is 15.8 Å². The Hall–Kier alpha value is -0.940. The number of unbranched alkanes of at least 4 members (excludes halogenated alkanes) is 3. The first kappa shape index (κ1) is 16.1. The fraction of sp³-hybridized carbons (Fsp3) is 0.571. The topological polar surface area (TPSA) is 46.2 Å². The van der Waals surface area contributed by atoms with Crippen molar-refractivity contribution in [3.8, 4) is 0 Å². The van der Waals surface area contributed by atoms with Crippen LogP contribution in [0.5, 0.6) is 0 Å². The van der Waals surface area contributed by atoms with E-state index in [1.165, 1.54) is 18.2 Å². The molecule has 1 aromatic carbocycles. The molecule has 0 spiro atoms. The second-order valence-electron chi connectivity index (χ2n) is 4.80. The number of rotatable bonds is 8. The van der Waals surface area contributed by atoms with Gasteiger partial charge in [0.15, 0.2) is 0 Å². The van der Waals surface area contributed by atoms with Gasteiger partial charge in [0.2, 0.25) is 10.0 Å². The number of halogens is 1. The molecule has 0 aliphatic carbocycles. The van der Waals surface area contributed by atoms with Gasteiger partial charge in [0.25, 0.3) is 0 Å². The van der Waals surface area contributed by atoms with Crippen LogP contribution in [0.25, 0.3) is 0 Å². The zero-order valence-electron chi connectivity index (χ0n) is 11.5. The van der Waals surface area contributed by atoms with Crippen LogP contribution in [0, 0.1) is 5.82 Å². The molecule has 0 aliphatic heterocycles. The lowest BCUT2D eigenvalue weighted by molar-refractivity contribution is 0.515. The number of nitrogens with one attached hydrogen (secondary N) is 1. The Morgan fingerprint density at radius 1 is 1.21 bits per heavy atom. The molecule has 0 saturated carbocycles. The number of sulfonamides is 1. The van der Waals surface area contributed by atoms with Crippen LogP contribution in [0.1, 0.15) is 46.0 Å². The smallest absolute Gasteiger partial charge is 0.208 e. The summed E-state index contributed by atoms with van der Waals surface area (Å²) >= 11 is 0. The summed E-state index contributed by atoms with van der Waals surface area (Å²) in [6, 6.07) is 5.25. The van der Waals surface area contributed by atoms with Crippen LogP contribution in [0.15, 0.2) is 29.2 Å². The SMILES string of the molecule is CCCCCCC(C)NS(=O)(=O)c1ccccc1F. The van der Waals surface area contributed by atoms with Crippen molar-refractivity contribution >= 4 is 10.0 Å². The summed E-state index contributed by atoms with van der Waals surface area (Å²) in [5.41, 5.74) is 0. The van der Waals surface area contributed by atoms with Gasteiger partial charge in [-0.1, -0.05) is 44.7 Å². The maximum Gasteiger partial charge on any atom is 0.243 e. The quantitative estimate of drug-likeness (QED) is 0.744. The van der Waals surface area contributed by atoms with E-state index >= 15 is 0 Å². The maximum absolute atomic E-state index is 13.5. The van der Waals surface area contributed by atoms with Crippen LogP contribution >= 0.6 is 0 Å². The van der Waals surface area contributed by atoms with Crippen LogP contribution in [0.3, 0.4) is 0 Å². The molecular weight excluding hydrogens is 265 g/mol. The predicted octanol–water partition coefficient (Wildman–Crippen LogP) is 3.46. The second kappa shape index (κ2) is 7.60. The molecule has 108 valence electrons. The van der Waals surface area contributed by atoms with Crippen LogP contribution in [-0.4, -0.2) is 14.5 Å². The molecule has 0 radical (unpaired) electrons. The summed E-state index contributed by atoms with van der Waals surface area (Å²) in [5.74, 6) is -0.715. The van der Waals surface area contributed by atoms with E-state index in [2.05, 4.69) is 11.6 Å². The van der Waals surface area contributed by atoms with Gasteiger partial charge >= 0.3 is 0 Å². The van der Waals surface area contributed by atoms with Crippen molar-refractivity contribution in [1.29, 1.82) is 0 Å². The Bertz CT molecular complexity index is 488. The van der Waals surface area contributed by atoms with Crippen LogP contribution in [-0.2, 0) is 10.0 Å². The zero-order chi connectivity index (χ0) is 14.3. The molecule has 1 unspecified atom stereocenters. The lowest BCUT2D eigenvalue weighted by atomic mass is 10.1. The van der Waals surface area contributed by atoms with Gasteiger partial charge in [0.1, 0.15) is 10.7 Å². The van der Waals surface area contributed by atoms with Gasteiger partial charge in [-0.15, -0.1) is 0 Å². The highest BCUT2D eigenvalue weighted by atomic mass is 32.2. The van der Waals surface area contributed by atoms with Crippen LogP contribution in [0.4, 0.5) is 4.39 Å². The third kappa shape index (κ3) is 5.28. The standard InChI is InChI=1S/C14H22FNO2S/c1-3-4-5-6-9-12(2)16-19(17,18)14-11-8-7-10-13(14)15/h7-8,10-12,16H,3-6,9H2,1-2H3. The minimum Gasteiger partial charge on any atom is -0.208 e. The molecule has 0 bridgehead atoms. The normalized spacial score (nSPS) is 13.4. The highest BCUT2D eigenvalue weighted by Crippen LogP contribution is 2.15. The third-order valence-corrected chi connectivity index (χ3v) is 4.60. The summed E-state index contributed by atoms with van der Waals surface area (Å²) in [4.78, 5) is -0.282. The van der Waals surface area contributed by atoms with Crippen molar-refractivity contribution in [3.63, 3.8) is 0 Å². The van der Waals surface area contributed by atoms with E-state index in [1.54, 1.807) is 0 Å². The van der Waals surface area contributed by atoms with Crippen molar-refractivity contribution in [3.05, 3.63) is 30.1 Å². The van der Waals surface area contributed by atoms with E-state index in [1.807, 2.05) is 6.92 Å². The molecule has 19 heavy (non-hydrogen) atoms. The molecule has 5 heteroatoms. The van der Waals surface area contributed by atoms with Crippen molar-refractivity contribution < 1.29 is 12.8 Å². The van der Waals surface area contributed by atoms with Crippen molar-refractivity contribution in [1.82, 2.24) is 4.72 Å². The predicted molar refractivity (Wildman–Crippen MR) is 74.9 cm³/mol. The van der Waals surface area contributed by atoms with E-state index in [0.717, 1.165) is 38.2 Å². The summed E-state index contributed by atoms with van der Waals surface area (Å²) in [6.07, 6.45) is 5.16. The first-order valence-electron chi connectivity index (χ1n) is 6.74. The Morgan fingerprint density at radius 2 is 1.89 bits per heavy atom. The highest BCUT2D eigenvalue weighted by Gasteiger charge is 2.20. The maximum atomic E-state index is 13.5. The molecular formula is C14H22FNO2S. The van der Waals surface area contributed by atoms with Crippen LogP contribution in [0.2, 0.25) is 0 Å². The Morgan fingerprint density at radius 3 is 2.53 bits per heavy atom. The summed E-state index contributed by atoms with van der Waals surface area (Å²) in [5, 5.41) is 0. The first-order valence-corrected chi connectivity index (χ1v) is 8.22. The molecule has 3 nitrogen and oxygen atoms in total. The average molecular weight is 287 g/mol. The molecule has 0 aromatic heterocycles. The third-order valence-electron chi connectivity index (χ3n) is 2.97. The van der Waals surface area contributed by atoms with E-state index in [9.17, 15) is 12.8 Å². The van der Waals surface area contributed by atoms with Gasteiger partial charge in [-0.25, -0.2) is 17.5 Å². The Kier molecular flexibility index (Phi) is 6.45. The molecule has 1 N–H and O–H groups in total.